The Morgan fingerprint density at radius 1 is 0.806 bits per heavy atom. The minimum Gasteiger partial charge on any atom is -0.461 e. The Morgan fingerprint density at radius 2 is 1.42 bits per heavy atom. The van der Waals surface area contributed by atoms with E-state index in [0.29, 0.717) is 17.4 Å². The second-order valence-corrected chi connectivity index (χ2v) is 11.6. The molecule has 0 bridgehead atoms. The molecule has 0 aliphatic carbocycles. The first-order chi connectivity index (χ1) is 15.1. The normalized spacial score (nSPS) is 12.2. The standard InChI is InChI=1S/C26H34O2S3/c1-4-6-7-8-9-10-11-20-12-13-21(29-20)22-14-15-23(30-22)24-16-17-25(31-24)26(27)28-18-19(3)5-2/h12-17,19H,4-11,18H2,1-3H3. The summed E-state index contributed by atoms with van der Waals surface area (Å²) in [6.07, 6.45) is 10.3. The molecule has 3 heterocycles. The van der Waals surface area contributed by atoms with E-state index in [0.717, 1.165) is 11.3 Å². The van der Waals surface area contributed by atoms with Crippen molar-refractivity contribution in [3.63, 3.8) is 0 Å². The molecule has 0 saturated heterocycles. The van der Waals surface area contributed by atoms with E-state index in [1.54, 1.807) is 11.3 Å². The number of thiophene rings is 3. The fourth-order valence-electron chi connectivity index (χ4n) is 3.31. The van der Waals surface area contributed by atoms with Crippen LogP contribution in [0.1, 0.15) is 80.3 Å². The molecule has 3 aromatic heterocycles. The fraction of sp³-hybridized carbons (Fsp3) is 0.500. The summed E-state index contributed by atoms with van der Waals surface area (Å²) in [6.45, 7) is 6.97. The molecule has 0 spiro atoms. The summed E-state index contributed by atoms with van der Waals surface area (Å²) in [5.41, 5.74) is 0. The molecule has 0 N–H and O–H groups in total. The largest absolute Gasteiger partial charge is 0.461 e. The zero-order valence-corrected chi connectivity index (χ0v) is 21.4. The number of hydrogen-bond donors (Lipinski definition) is 0. The molecule has 0 fully saturated rings. The molecular weight excluding hydrogens is 440 g/mol. The van der Waals surface area contributed by atoms with Crippen molar-refractivity contribution in [2.45, 2.75) is 72.1 Å². The highest BCUT2D eigenvalue weighted by atomic mass is 32.1. The molecular formula is C26H34O2S3. The third-order valence-electron chi connectivity index (χ3n) is 5.53. The van der Waals surface area contributed by atoms with Crippen LogP contribution in [0.5, 0.6) is 0 Å². The van der Waals surface area contributed by atoms with Crippen molar-refractivity contribution in [1.82, 2.24) is 0 Å². The average molecular weight is 475 g/mol. The van der Waals surface area contributed by atoms with Gasteiger partial charge in [-0.25, -0.2) is 4.79 Å². The smallest absolute Gasteiger partial charge is 0.348 e. The van der Waals surface area contributed by atoms with Crippen molar-refractivity contribution in [3.05, 3.63) is 46.2 Å². The van der Waals surface area contributed by atoms with Crippen LogP contribution in [0.25, 0.3) is 19.5 Å². The fourth-order valence-corrected chi connectivity index (χ4v) is 6.45. The van der Waals surface area contributed by atoms with E-state index in [1.165, 1.54) is 75.8 Å². The number of carbonyl (C=O) groups excluding carboxylic acids is 1. The number of unbranched alkanes of at least 4 members (excludes halogenated alkanes) is 5. The quantitative estimate of drug-likeness (QED) is 0.182. The zero-order chi connectivity index (χ0) is 22.1. The lowest BCUT2D eigenvalue weighted by Gasteiger charge is -2.08. The Balaban J connectivity index is 1.54. The monoisotopic (exact) mass is 474 g/mol. The molecule has 0 saturated carbocycles. The third-order valence-corrected chi connectivity index (χ3v) is 9.22. The molecule has 5 heteroatoms. The molecule has 31 heavy (non-hydrogen) atoms. The van der Waals surface area contributed by atoms with Crippen LogP contribution in [-0.4, -0.2) is 12.6 Å². The molecule has 0 aliphatic heterocycles. The topological polar surface area (TPSA) is 26.3 Å². The van der Waals surface area contributed by atoms with Gasteiger partial charge in [0.15, 0.2) is 0 Å². The summed E-state index contributed by atoms with van der Waals surface area (Å²) < 4.78 is 5.44. The highest BCUT2D eigenvalue weighted by Crippen LogP contribution is 2.40. The molecule has 0 radical (unpaired) electrons. The summed E-state index contributed by atoms with van der Waals surface area (Å²) in [6, 6.07) is 12.9. The van der Waals surface area contributed by atoms with Gasteiger partial charge in [-0.15, -0.1) is 34.0 Å². The van der Waals surface area contributed by atoms with Crippen LogP contribution in [-0.2, 0) is 11.2 Å². The second-order valence-electron chi connectivity index (χ2n) is 8.22. The summed E-state index contributed by atoms with van der Waals surface area (Å²) >= 11 is 5.25. The first-order valence-corrected chi connectivity index (χ1v) is 14.0. The highest BCUT2D eigenvalue weighted by Gasteiger charge is 2.15. The first kappa shape index (κ1) is 24.2. The van der Waals surface area contributed by atoms with Crippen LogP contribution in [0.3, 0.4) is 0 Å². The maximum atomic E-state index is 12.3. The minimum atomic E-state index is -0.203. The highest BCUT2D eigenvalue weighted by molar-refractivity contribution is 7.26. The Hall–Kier alpha value is -1.43. The van der Waals surface area contributed by atoms with Gasteiger partial charge in [-0.1, -0.05) is 59.3 Å². The number of ether oxygens (including phenoxy) is 1. The predicted molar refractivity (Wildman–Crippen MR) is 138 cm³/mol. The molecule has 0 amide bonds. The lowest BCUT2D eigenvalue weighted by atomic mass is 10.1. The summed E-state index contributed by atoms with van der Waals surface area (Å²) in [5.74, 6) is 0.200. The molecule has 1 atom stereocenters. The van der Waals surface area contributed by atoms with E-state index in [2.05, 4.69) is 45.0 Å². The SMILES string of the molecule is CCCCCCCCc1ccc(-c2ccc(-c3ccc(C(=O)OCC(C)CC)s3)s2)s1. The van der Waals surface area contributed by atoms with Gasteiger partial charge in [-0.3, -0.25) is 0 Å². The molecule has 0 aliphatic rings. The van der Waals surface area contributed by atoms with Gasteiger partial charge in [0.05, 0.1) is 6.61 Å². The number of hydrogen-bond acceptors (Lipinski definition) is 5. The molecule has 168 valence electrons. The van der Waals surface area contributed by atoms with Gasteiger partial charge in [0.1, 0.15) is 4.88 Å². The molecule has 3 rings (SSSR count). The van der Waals surface area contributed by atoms with Gasteiger partial charge in [0.2, 0.25) is 0 Å². The first-order valence-electron chi connectivity index (χ1n) is 11.6. The third kappa shape index (κ3) is 7.30. The van der Waals surface area contributed by atoms with E-state index in [1.807, 2.05) is 23.5 Å². The van der Waals surface area contributed by atoms with E-state index in [4.69, 9.17) is 4.74 Å². The van der Waals surface area contributed by atoms with Crippen molar-refractivity contribution in [2.24, 2.45) is 5.92 Å². The Labute approximate surface area is 199 Å². The van der Waals surface area contributed by atoms with E-state index in [-0.39, 0.29) is 5.97 Å². The van der Waals surface area contributed by atoms with Gasteiger partial charge >= 0.3 is 5.97 Å². The van der Waals surface area contributed by atoms with Crippen LogP contribution in [0.2, 0.25) is 0 Å². The van der Waals surface area contributed by atoms with Crippen molar-refractivity contribution >= 4 is 40.0 Å². The van der Waals surface area contributed by atoms with Gasteiger partial charge in [-0.2, -0.15) is 0 Å². The summed E-state index contributed by atoms with van der Waals surface area (Å²) in [4.78, 5) is 19.5. The number of carbonyl (C=O) groups is 1. The van der Waals surface area contributed by atoms with Crippen molar-refractivity contribution in [1.29, 1.82) is 0 Å². The van der Waals surface area contributed by atoms with Crippen molar-refractivity contribution in [2.75, 3.05) is 6.61 Å². The Morgan fingerprint density at radius 3 is 2.16 bits per heavy atom. The average Bonchev–Trinajstić information content (AvgIpc) is 3.53. The molecule has 1 unspecified atom stereocenters. The summed E-state index contributed by atoms with van der Waals surface area (Å²) in [7, 11) is 0. The Kier molecular flexibility index (Phi) is 9.82. The molecule has 2 nitrogen and oxygen atoms in total. The van der Waals surface area contributed by atoms with E-state index < -0.39 is 0 Å². The number of rotatable bonds is 13. The second kappa shape index (κ2) is 12.6. The van der Waals surface area contributed by atoms with Crippen LogP contribution in [0, 0.1) is 5.92 Å². The summed E-state index contributed by atoms with van der Waals surface area (Å²) in [5, 5.41) is 0. The number of esters is 1. The van der Waals surface area contributed by atoms with Gasteiger partial charge in [0.25, 0.3) is 0 Å². The van der Waals surface area contributed by atoms with Crippen LogP contribution in [0.15, 0.2) is 36.4 Å². The lowest BCUT2D eigenvalue weighted by molar-refractivity contribution is 0.0453. The van der Waals surface area contributed by atoms with Crippen LogP contribution >= 0.6 is 34.0 Å². The maximum Gasteiger partial charge on any atom is 0.348 e. The predicted octanol–water partition coefficient (Wildman–Crippen LogP) is 9.31. The van der Waals surface area contributed by atoms with E-state index in [9.17, 15) is 4.79 Å². The lowest BCUT2D eigenvalue weighted by Crippen LogP contribution is -2.10. The minimum absolute atomic E-state index is 0.203. The van der Waals surface area contributed by atoms with Gasteiger partial charge in [-0.05, 0) is 55.2 Å². The van der Waals surface area contributed by atoms with Crippen molar-refractivity contribution < 1.29 is 9.53 Å². The Bertz CT molecular complexity index is 934. The molecule has 3 aromatic rings. The maximum absolute atomic E-state index is 12.3. The number of aryl methyl sites for hydroxylation is 1. The van der Waals surface area contributed by atoms with Crippen LogP contribution < -0.4 is 0 Å². The van der Waals surface area contributed by atoms with Gasteiger partial charge < -0.3 is 4.74 Å². The van der Waals surface area contributed by atoms with Crippen molar-refractivity contribution in [3.8, 4) is 19.5 Å². The van der Waals surface area contributed by atoms with Gasteiger partial charge in [0, 0.05) is 24.4 Å². The molecule has 0 aromatic carbocycles. The van der Waals surface area contributed by atoms with E-state index >= 15 is 0 Å². The van der Waals surface area contributed by atoms with Crippen LogP contribution in [0.4, 0.5) is 0 Å². The zero-order valence-electron chi connectivity index (χ0n) is 18.9.